The zero-order valence-corrected chi connectivity index (χ0v) is 16.7. The highest BCUT2D eigenvalue weighted by atomic mass is 35.5. The minimum atomic E-state index is -0.668. The summed E-state index contributed by atoms with van der Waals surface area (Å²) in [6.45, 7) is 0.850. The van der Waals surface area contributed by atoms with Crippen LogP contribution in [0.1, 0.15) is 16.8 Å². The highest BCUT2D eigenvalue weighted by molar-refractivity contribution is 6.34. The van der Waals surface area contributed by atoms with E-state index in [1.165, 1.54) is 0 Å². The zero-order chi connectivity index (χ0) is 20.7. The van der Waals surface area contributed by atoms with Crippen LogP contribution in [0.15, 0.2) is 61.0 Å². The van der Waals surface area contributed by atoms with Crippen molar-refractivity contribution >= 4 is 23.5 Å². The van der Waals surface area contributed by atoms with Crippen molar-refractivity contribution in [3.63, 3.8) is 0 Å². The molecule has 2 aromatic rings. The zero-order valence-electron chi connectivity index (χ0n) is 15.9. The summed E-state index contributed by atoms with van der Waals surface area (Å²) in [5.74, 6) is -0.311. The Bertz CT molecular complexity index is 1070. The molecule has 0 radical (unpaired) electrons. The van der Waals surface area contributed by atoms with Gasteiger partial charge in [-0.3, -0.25) is 9.59 Å². The number of rotatable bonds is 3. The van der Waals surface area contributed by atoms with Gasteiger partial charge in [-0.2, -0.15) is 0 Å². The third-order valence-corrected chi connectivity index (χ3v) is 6.10. The number of hydrogen-bond acceptors (Lipinski definition) is 6. The van der Waals surface area contributed by atoms with Crippen molar-refractivity contribution in [3.05, 3.63) is 71.5 Å². The van der Waals surface area contributed by atoms with E-state index in [0.717, 1.165) is 0 Å². The van der Waals surface area contributed by atoms with Crippen LogP contribution in [0.5, 0.6) is 11.8 Å². The fourth-order valence-electron chi connectivity index (χ4n) is 4.35. The number of fused-ring (bicyclic) bond motifs is 2. The number of aromatic nitrogens is 2. The summed E-state index contributed by atoms with van der Waals surface area (Å²) in [5, 5.41) is 0.274. The SMILES string of the molecule is O=C1O[C@]2(CCN(C(=O)c3ccc(Oc4ncccn4)cc3Cl)C2)C2C=CC=CC12. The van der Waals surface area contributed by atoms with Gasteiger partial charge in [-0.05, 0) is 18.2 Å². The van der Waals surface area contributed by atoms with E-state index < -0.39 is 5.60 Å². The van der Waals surface area contributed by atoms with Gasteiger partial charge in [0, 0.05) is 37.3 Å². The number of carbonyl (C=O) groups excluding carboxylic acids is 2. The van der Waals surface area contributed by atoms with Crippen molar-refractivity contribution in [2.45, 2.75) is 12.0 Å². The molecule has 8 heteroatoms. The fraction of sp³-hybridized carbons (Fsp3) is 0.273. The molecular formula is C22H18ClN3O4. The number of hydrogen-bond donors (Lipinski definition) is 0. The number of amides is 1. The van der Waals surface area contributed by atoms with Gasteiger partial charge < -0.3 is 14.4 Å². The Morgan fingerprint density at radius 2 is 2.03 bits per heavy atom. The maximum absolute atomic E-state index is 13.1. The molecule has 1 amide bonds. The van der Waals surface area contributed by atoms with Gasteiger partial charge in [0.25, 0.3) is 5.91 Å². The predicted molar refractivity (Wildman–Crippen MR) is 108 cm³/mol. The van der Waals surface area contributed by atoms with Crippen molar-refractivity contribution in [3.8, 4) is 11.8 Å². The normalized spacial score (nSPS) is 26.7. The summed E-state index contributed by atoms with van der Waals surface area (Å²) in [5.41, 5.74) is -0.297. The smallest absolute Gasteiger partial charge is 0.321 e. The van der Waals surface area contributed by atoms with Crippen molar-refractivity contribution in [1.82, 2.24) is 14.9 Å². The number of carbonyl (C=O) groups is 2. The first-order valence-corrected chi connectivity index (χ1v) is 10.1. The molecule has 0 saturated carbocycles. The number of esters is 1. The quantitative estimate of drug-likeness (QED) is 0.703. The molecule has 7 nitrogen and oxygen atoms in total. The van der Waals surface area contributed by atoms with Crippen LogP contribution in [0.25, 0.3) is 0 Å². The number of allylic oxidation sites excluding steroid dienone is 2. The summed E-state index contributed by atoms with van der Waals surface area (Å²) in [7, 11) is 0. The summed E-state index contributed by atoms with van der Waals surface area (Å²) in [6, 6.07) is 6.73. The molecule has 3 atom stereocenters. The lowest BCUT2D eigenvalue weighted by Gasteiger charge is -2.29. The lowest BCUT2D eigenvalue weighted by molar-refractivity contribution is -0.149. The maximum atomic E-state index is 13.1. The Balaban J connectivity index is 1.33. The summed E-state index contributed by atoms with van der Waals surface area (Å²) in [6.07, 6.45) is 11.4. The molecule has 152 valence electrons. The van der Waals surface area contributed by atoms with Crippen LogP contribution in [0.3, 0.4) is 0 Å². The van der Waals surface area contributed by atoms with E-state index in [9.17, 15) is 9.59 Å². The lowest BCUT2D eigenvalue weighted by Crippen LogP contribution is -2.41. The molecule has 0 N–H and O–H groups in total. The van der Waals surface area contributed by atoms with Gasteiger partial charge in [0.2, 0.25) is 0 Å². The fourth-order valence-corrected chi connectivity index (χ4v) is 4.60. The van der Waals surface area contributed by atoms with Gasteiger partial charge in [-0.1, -0.05) is 35.9 Å². The first-order valence-electron chi connectivity index (χ1n) is 9.67. The molecular weight excluding hydrogens is 406 g/mol. The molecule has 1 spiro atoms. The Morgan fingerprint density at radius 1 is 1.23 bits per heavy atom. The third-order valence-electron chi connectivity index (χ3n) is 5.79. The van der Waals surface area contributed by atoms with Gasteiger partial charge in [0.05, 0.1) is 23.0 Å². The van der Waals surface area contributed by atoms with Crippen molar-refractivity contribution in [2.24, 2.45) is 11.8 Å². The predicted octanol–water partition coefficient (Wildman–Crippen LogP) is 3.42. The number of nitrogens with zero attached hydrogens (tertiary/aromatic N) is 3. The molecule has 1 aromatic carbocycles. The van der Waals surface area contributed by atoms with Crippen molar-refractivity contribution < 1.29 is 19.1 Å². The highest BCUT2D eigenvalue weighted by Gasteiger charge is 2.57. The van der Waals surface area contributed by atoms with E-state index in [1.54, 1.807) is 41.6 Å². The second-order valence-electron chi connectivity index (χ2n) is 7.56. The van der Waals surface area contributed by atoms with Gasteiger partial charge >= 0.3 is 12.0 Å². The minimum Gasteiger partial charge on any atom is -0.456 e. The Morgan fingerprint density at radius 3 is 2.83 bits per heavy atom. The van der Waals surface area contributed by atoms with E-state index in [-0.39, 0.29) is 34.7 Å². The van der Waals surface area contributed by atoms with Gasteiger partial charge in [0.15, 0.2) is 0 Å². The molecule has 2 unspecified atom stereocenters. The maximum Gasteiger partial charge on any atom is 0.321 e. The van der Waals surface area contributed by atoms with E-state index in [4.69, 9.17) is 21.1 Å². The third kappa shape index (κ3) is 3.15. The van der Waals surface area contributed by atoms with E-state index in [2.05, 4.69) is 9.97 Å². The molecule has 1 aromatic heterocycles. The van der Waals surface area contributed by atoms with Crippen LogP contribution in [0.4, 0.5) is 0 Å². The van der Waals surface area contributed by atoms with E-state index in [0.29, 0.717) is 30.8 Å². The topological polar surface area (TPSA) is 81.6 Å². The van der Waals surface area contributed by atoms with Gasteiger partial charge in [0.1, 0.15) is 11.4 Å². The molecule has 2 aliphatic heterocycles. The van der Waals surface area contributed by atoms with Crippen LogP contribution in [-0.2, 0) is 9.53 Å². The monoisotopic (exact) mass is 423 g/mol. The second kappa shape index (κ2) is 7.25. The summed E-state index contributed by atoms with van der Waals surface area (Å²) in [4.78, 5) is 35.1. The number of halogens is 1. The average molecular weight is 424 g/mol. The largest absolute Gasteiger partial charge is 0.456 e. The van der Waals surface area contributed by atoms with Crippen LogP contribution in [0.2, 0.25) is 5.02 Å². The summed E-state index contributed by atoms with van der Waals surface area (Å²) >= 11 is 6.38. The van der Waals surface area contributed by atoms with Crippen LogP contribution < -0.4 is 4.74 Å². The molecule has 3 aliphatic rings. The molecule has 2 fully saturated rings. The van der Waals surface area contributed by atoms with Crippen molar-refractivity contribution in [1.29, 1.82) is 0 Å². The first-order chi connectivity index (χ1) is 14.6. The molecule has 0 bridgehead atoms. The second-order valence-corrected chi connectivity index (χ2v) is 7.97. The summed E-state index contributed by atoms with van der Waals surface area (Å²) < 4.78 is 11.4. The minimum absolute atomic E-state index is 0.0510. The number of benzene rings is 1. The number of ether oxygens (including phenoxy) is 2. The molecule has 1 aliphatic carbocycles. The van der Waals surface area contributed by atoms with E-state index in [1.807, 2.05) is 24.3 Å². The van der Waals surface area contributed by atoms with Gasteiger partial charge in [-0.25, -0.2) is 9.97 Å². The standard InChI is InChI=1S/C22H18ClN3O4/c23-18-12-14(29-21-24-9-3-10-25-21)6-7-16(18)19(27)26-11-8-22(13-26)17-5-2-1-4-15(17)20(28)30-22/h1-7,9-10,12,15,17H,8,11,13H2/t15?,17?,22-/m0/s1. The Labute approximate surface area is 178 Å². The molecule has 30 heavy (non-hydrogen) atoms. The molecule has 5 rings (SSSR count). The average Bonchev–Trinajstić information content (AvgIpc) is 3.30. The van der Waals surface area contributed by atoms with E-state index >= 15 is 0 Å². The van der Waals surface area contributed by atoms with Crippen LogP contribution >= 0.6 is 11.6 Å². The highest BCUT2D eigenvalue weighted by Crippen LogP contribution is 2.46. The van der Waals surface area contributed by atoms with Crippen LogP contribution in [-0.4, -0.2) is 45.4 Å². The number of likely N-dealkylation sites (tertiary alicyclic amines) is 1. The lowest BCUT2D eigenvalue weighted by atomic mass is 9.78. The Hall–Kier alpha value is -3.19. The molecule has 2 saturated heterocycles. The first kappa shape index (κ1) is 18.8. The van der Waals surface area contributed by atoms with Gasteiger partial charge in [-0.15, -0.1) is 0 Å². The molecule has 3 heterocycles. The van der Waals surface area contributed by atoms with Crippen LogP contribution in [0, 0.1) is 11.8 Å². The van der Waals surface area contributed by atoms with Crippen molar-refractivity contribution in [2.75, 3.05) is 13.1 Å². The Kier molecular flexibility index (Phi) is 4.55.